The number of non-ortho nitro benzene ring substituents is 1. The lowest BCUT2D eigenvalue weighted by Gasteiger charge is -2.28. The second kappa shape index (κ2) is 5.60. The highest BCUT2D eigenvalue weighted by molar-refractivity contribution is 9.09. The predicted molar refractivity (Wildman–Crippen MR) is 68.6 cm³/mol. The van der Waals surface area contributed by atoms with Gasteiger partial charge in [-0.15, -0.1) is 0 Å². The monoisotopic (exact) mass is 299 g/mol. The van der Waals surface area contributed by atoms with Crippen molar-refractivity contribution in [3.05, 3.63) is 39.9 Å². The lowest BCUT2D eigenvalue weighted by molar-refractivity contribution is -0.384. The number of nitro benzene ring substituents is 1. The first kappa shape index (κ1) is 12.5. The molecule has 0 aliphatic carbocycles. The third kappa shape index (κ3) is 3.04. The second-order valence-electron chi connectivity index (χ2n) is 4.24. The number of halogens is 1. The Morgan fingerprint density at radius 1 is 1.47 bits per heavy atom. The highest BCUT2D eigenvalue weighted by Gasteiger charge is 2.23. The zero-order valence-electron chi connectivity index (χ0n) is 9.34. The van der Waals surface area contributed by atoms with Crippen LogP contribution in [0.1, 0.15) is 24.3 Å². The van der Waals surface area contributed by atoms with E-state index in [-0.39, 0.29) is 22.6 Å². The summed E-state index contributed by atoms with van der Waals surface area (Å²) in [5.41, 5.74) is 1.16. The van der Waals surface area contributed by atoms with Crippen LogP contribution in [0.4, 0.5) is 5.69 Å². The molecular formula is C12H14BrNO3. The molecule has 2 rings (SSSR count). The largest absolute Gasteiger partial charge is 0.377 e. The fraction of sp³-hybridized carbons (Fsp3) is 0.500. The van der Waals surface area contributed by atoms with Crippen molar-refractivity contribution in [2.24, 2.45) is 0 Å². The maximum absolute atomic E-state index is 10.7. The van der Waals surface area contributed by atoms with Crippen molar-refractivity contribution in [1.82, 2.24) is 0 Å². The minimum atomic E-state index is -0.353. The van der Waals surface area contributed by atoms with Crippen LogP contribution >= 0.6 is 15.9 Å². The first-order valence-electron chi connectivity index (χ1n) is 5.62. The highest BCUT2D eigenvalue weighted by Crippen LogP contribution is 2.30. The maximum atomic E-state index is 10.7. The summed E-state index contributed by atoms with van der Waals surface area (Å²) in [6.45, 7) is 0.650. The quantitative estimate of drug-likeness (QED) is 0.489. The SMILES string of the molecule is O=[N+]([O-])c1cccc(C2CCC(CBr)OC2)c1. The van der Waals surface area contributed by atoms with Gasteiger partial charge in [-0.3, -0.25) is 10.1 Å². The highest BCUT2D eigenvalue weighted by atomic mass is 79.9. The summed E-state index contributed by atoms with van der Waals surface area (Å²) in [6.07, 6.45) is 2.31. The van der Waals surface area contributed by atoms with Gasteiger partial charge >= 0.3 is 0 Å². The van der Waals surface area contributed by atoms with Gasteiger partial charge in [0.25, 0.3) is 5.69 Å². The normalized spacial score (nSPS) is 24.5. The molecule has 0 radical (unpaired) electrons. The Kier molecular flexibility index (Phi) is 4.12. The van der Waals surface area contributed by atoms with Gasteiger partial charge in [-0.1, -0.05) is 28.1 Å². The summed E-state index contributed by atoms with van der Waals surface area (Å²) in [6, 6.07) is 6.86. The van der Waals surface area contributed by atoms with Crippen LogP contribution in [0, 0.1) is 10.1 Å². The van der Waals surface area contributed by atoms with E-state index in [0.717, 1.165) is 23.7 Å². The molecule has 4 nitrogen and oxygen atoms in total. The predicted octanol–water partition coefficient (Wildman–Crippen LogP) is 3.25. The molecule has 0 N–H and O–H groups in total. The van der Waals surface area contributed by atoms with E-state index in [1.807, 2.05) is 6.07 Å². The van der Waals surface area contributed by atoms with Gasteiger partial charge in [-0.05, 0) is 18.4 Å². The van der Waals surface area contributed by atoms with E-state index in [0.29, 0.717) is 6.61 Å². The molecule has 1 fully saturated rings. The van der Waals surface area contributed by atoms with E-state index in [1.165, 1.54) is 6.07 Å². The Morgan fingerprint density at radius 2 is 2.29 bits per heavy atom. The van der Waals surface area contributed by atoms with Crippen molar-refractivity contribution >= 4 is 21.6 Å². The molecule has 17 heavy (non-hydrogen) atoms. The lowest BCUT2D eigenvalue weighted by atomic mass is 9.91. The number of rotatable bonds is 3. The summed E-state index contributed by atoms with van der Waals surface area (Å²) >= 11 is 3.40. The van der Waals surface area contributed by atoms with Crippen LogP contribution in [-0.4, -0.2) is 23.0 Å². The van der Waals surface area contributed by atoms with Gasteiger partial charge in [-0.25, -0.2) is 0 Å². The smallest absolute Gasteiger partial charge is 0.269 e. The lowest BCUT2D eigenvalue weighted by Crippen LogP contribution is -2.25. The van der Waals surface area contributed by atoms with Gasteiger partial charge in [0.15, 0.2) is 0 Å². The summed E-state index contributed by atoms with van der Waals surface area (Å²) < 4.78 is 5.68. The number of hydrogen-bond acceptors (Lipinski definition) is 3. The summed E-state index contributed by atoms with van der Waals surface area (Å²) in [7, 11) is 0. The van der Waals surface area contributed by atoms with Crippen LogP contribution in [0.5, 0.6) is 0 Å². The molecule has 0 amide bonds. The van der Waals surface area contributed by atoms with Crippen molar-refractivity contribution < 1.29 is 9.66 Å². The zero-order chi connectivity index (χ0) is 12.3. The van der Waals surface area contributed by atoms with Gasteiger partial charge in [0, 0.05) is 23.4 Å². The zero-order valence-corrected chi connectivity index (χ0v) is 10.9. The van der Waals surface area contributed by atoms with Crippen LogP contribution in [0.2, 0.25) is 0 Å². The number of alkyl halides is 1. The van der Waals surface area contributed by atoms with Crippen LogP contribution in [0.15, 0.2) is 24.3 Å². The third-order valence-electron chi connectivity index (χ3n) is 3.09. The number of nitro groups is 1. The topological polar surface area (TPSA) is 52.4 Å². The van der Waals surface area contributed by atoms with Crippen molar-refractivity contribution in [2.75, 3.05) is 11.9 Å². The molecule has 1 heterocycles. The standard InChI is InChI=1S/C12H14BrNO3/c13-7-12-5-4-10(8-17-12)9-2-1-3-11(6-9)14(15)16/h1-3,6,10,12H,4-5,7-8H2. The average molecular weight is 300 g/mol. The Bertz CT molecular complexity index is 402. The molecule has 1 saturated heterocycles. The van der Waals surface area contributed by atoms with Crippen LogP contribution in [-0.2, 0) is 4.74 Å². The molecule has 0 saturated carbocycles. The van der Waals surface area contributed by atoms with Crippen LogP contribution in [0.25, 0.3) is 0 Å². The first-order valence-corrected chi connectivity index (χ1v) is 6.74. The maximum Gasteiger partial charge on any atom is 0.269 e. The number of hydrogen-bond donors (Lipinski definition) is 0. The molecule has 1 aliphatic rings. The molecular weight excluding hydrogens is 286 g/mol. The first-order chi connectivity index (χ1) is 8.20. The molecule has 2 unspecified atom stereocenters. The van der Waals surface area contributed by atoms with Gasteiger partial charge in [-0.2, -0.15) is 0 Å². The molecule has 0 spiro atoms. The van der Waals surface area contributed by atoms with Crippen molar-refractivity contribution in [1.29, 1.82) is 0 Å². The van der Waals surface area contributed by atoms with Crippen molar-refractivity contribution in [3.63, 3.8) is 0 Å². The number of ether oxygens (including phenoxy) is 1. The van der Waals surface area contributed by atoms with Crippen LogP contribution < -0.4 is 0 Å². The minimum Gasteiger partial charge on any atom is -0.377 e. The van der Waals surface area contributed by atoms with E-state index in [4.69, 9.17) is 4.74 Å². The number of nitrogens with zero attached hydrogens (tertiary/aromatic N) is 1. The number of benzene rings is 1. The average Bonchev–Trinajstić information content (AvgIpc) is 2.39. The molecule has 1 aromatic rings. The summed E-state index contributed by atoms with van der Waals surface area (Å²) in [5.74, 6) is 0.283. The summed E-state index contributed by atoms with van der Waals surface area (Å²) in [4.78, 5) is 10.3. The fourth-order valence-electron chi connectivity index (χ4n) is 2.08. The van der Waals surface area contributed by atoms with E-state index in [2.05, 4.69) is 15.9 Å². The third-order valence-corrected chi connectivity index (χ3v) is 3.82. The van der Waals surface area contributed by atoms with Gasteiger partial charge < -0.3 is 4.74 Å². The molecule has 2 atom stereocenters. The Morgan fingerprint density at radius 3 is 2.88 bits per heavy atom. The Balaban J connectivity index is 2.08. The van der Waals surface area contributed by atoms with Crippen molar-refractivity contribution in [2.45, 2.75) is 24.9 Å². The van der Waals surface area contributed by atoms with Gasteiger partial charge in [0.05, 0.1) is 17.6 Å². The minimum absolute atomic E-state index is 0.158. The second-order valence-corrected chi connectivity index (χ2v) is 4.88. The van der Waals surface area contributed by atoms with Crippen molar-refractivity contribution in [3.8, 4) is 0 Å². The van der Waals surface area contributed by atoms with E-state index in [9.17, 15) is 10.1 Å². The molecule has 1 aliphatic heterocycles. The van der Waals surface area contributed by atoms with Gasteiger partial charge in [0.2, 0.25) is 0 Å². The summed E-state index contributed by atoms with van der Waals surface area (Å²) in [5, 5.41) is 11.6. The van der Waals surface area contributed by atoms with Gasteiger partial charge in [0.1, 0.15) is 0 Å². The van der Waals surface area contributed by atoms with Crippen LogP contribution in [0.3, 0.4) is 0 Å². The van der Waals surface area contributed by atoms with E-state index < -0.39 is 0 Å². The van der Waals surface area contributed by atoms with E-state index in [1.54, 1.807) is 12.1 Å². The Hall–Kier alpha value is -0.940. The fourth-order valence-corrected chi connectivity index (χ4v) is 2.59. The molecule has 5 heteroatoms. The molecule has 0 aromatic heterocycles. The molecule has 1 aromatic carbocycles. The molecule has 92 valence electrons. The van der Waals surface area contributed by atoms with E-state index >= 15 is 0 Å². The Labute approximate surface area is 108 Å². The molecule has 0 bridgehead atoms.